The Hall–Kier alpha value is -1.75. The first-order valence-electron chi connectivity index (χ1n) is 8.01. The number of anilines is 1. The number of amides is 2. The number of hydrogen-bond acceptors (Lipinski definition) is 3. The van der Waals surface area contributed by atoms with E-state index in [-0.39, 0.29) is 24.2 Å². The molecule has 0 radical (unpaired) electrons. The van der Waals surface area contributed by atoms with Crippen LogP contribution in [0.5, 0.6) is 0 Å². The molecule has 3 N–H and O–H groups in total. The zero-order valence-electron chi connectivity index (χ0n) is 13.6. The predicted octanol–water partition coefficient (Wildman–Crippen LogP) is 2.46. The highest BCUT2D eigenvalue weighted by Crippen LogP contribution is 2.19. The van der Waals surface area contributed by atoms with Crippen molar-refractivity contribution in [3.63, 3.8) is 0 Å². The molecule has 1 aromatic rings. The second kappa shape index (κ2) is 9.40. The minimum atomic E-state index is 0. The molecule has 1 aliphatic rings. The summed E-state index contributed by atoms with van der Waals surface area (Å²) in [4.78, 5) is 25.9. The quantitative estimate of drug-likeness (QED) is 0.809. The molecule has 1 aliphatic heterocycles. The lowest BCUT2D eigenvalue weighted by atomic mass is 9.97. The third kappa shape index (κ3) is 5.75. The first-order chi connectivity index (χ1) is 10.6. The van der Waals surface area contributed by atoms with Crippen LogP contribution in [-0.4, -0.2) is 36.3 Å². The molecule has 0 aliphatic carbocycles. The van der Waals surface area contributed by atoms with Gasteiger partial charge in [-0.15, -0.1) is 12.4 Å². The maximum absolute atomic E-state index is 12.5. The molecule has 1 unspecified atom stereocenters. The molecular weight excluding hydrogens is 314 g/mol. The Kier molecular flexibility index (Phi) is 7.89. The van der Waals surface area contributed by atoms with Gasteiger partial charge < -0.3 is 16.0 Å². The molecule has 0 spiro atoms. The molecule has 2 amide bonds. The molecule has 2 rings (SSSR count). The second-order valence-electron chi connectivity index (χ2n) is 5.94. The van der Waals surface area contributed by atoms with Crippen molar-refractivity contribution in [3.8, 4) is 0 Å². The Balaban J connectivity index is 0.00000264. The Morgan fingerprint density at radius 2 is 2.17 bits per heavy atom. The molecule has 1 aromatic carbocycles. The van der Waals surface area contributed by atoms with Gasteiger partial charge in [0.05, 0.1) is 0 Å². The molecule has 6 heteroatoms. The summed E-state index contributed by atoms with van der Waals surface area (Å²) in [5.74, 6) is 0.457. The van der Waals surface area contributed by atoms with Gasteiger partial charge in [0.25, 0.3) is 5.91 Å². The van der Waals surface area contributed by atoms with E-state index in [0.29, 0.717) is 36.7 Å². The van der Waals surface area contributed by atoms with Crippen LogP contribution in [0.3, 0.4) is 0 Å². The third-order valence-corrected chi connectivity index (χ3v) is 4.00. The number of benzene rings is 1. The van der Waals surface area contributed by atoms with E-state index in [1.807, 2.05) is 11.8 Å². The summed E-state index contributed by atoms with van der Waals surface area (Å²) in [6, 6.07) is 7.09. The van der Waals surface area contributed by atoms with Gasteiger partial charge in [0.1, 0.15) is 0 Å². The summed E-state index contributed by atoms with van der Waals surface area (Å²) in [5.41, 5.74) is 6.98. The van der Waals surface area contributed by atoms with E-state index in [9.17, 15) is 9.59 Å². The van der Waals surface area contributed by atoms with Crippen LogP contribution in [0.4, 0.5) is 5.69 Å². The zero-order chi connectivity index (χ0) is 15.9. The van der Waals surface area contributed by atoms with Gasteiger partial charge in [0, 0.05) is 37.3 Å². The topological polar surface area (TPSA) is 75.4 Å². The number of rotatable bonds is 5. The molecule has 1 saturated heterocycles. The van der Waals surface area contributed by atoms with Gasteiger partial charge in [-0.2, -0.15) is 0 Å². The SMILES string of the molecule is CCCC(=O)NCC1CCCN(C(=O)c2cccc(N)c2)C1.Cl. The number of likely N-dealkylation sites (tertiary alicyclic amines) is 1. The van der Waals surface area contributed by atoms with Crippen molar-refractivity contribution in [1.29, 1.82) is 0 Å². The van der Waals surface area contributed by atoms with E-state index in [4.69, 9.17) is 5.73 Å². The van der Waals surface area contributed by atoms with Gasteiger partial charge in [-0.25, -0.2) is 0 Å². The van der Waals surface area contributed by atoms with Crippen LogP contribution in [0.15, 0.2) is 24.3 Å². The fraction of sp³-hybridized carbons (Fsp3) is 0.529. The summed E-state index contributed by atoms with van der Waals surface area (Å²) >= 11 is 0. The summed E-state index contributed by atoms with van der Waals surface area (Å²) in [5, 5.41) is 2.96. The Bertz CT molecular complexity index is 536. The lowest BCUT2D eigenvalue weighted by Gasteiger charge is -2.33. The van der Waals surface area contributed by atoms with E-state index in [1.165, 1.54) is 0 Å². The van der Waals surface area contributed by atoms with E-state index in [1.54, 1.807) is 24.3 Å². The highest BCUT2D eigenvalue weighted by Gasteiger charge is 2.24. The second-order valence-corrected chi connectivity index (χ2v) is 5.94. The summed E-state index contributed by atoms with van der Waals surface area (Å²) < 4.78 is 0. The van der Waals surface area contributed by atoms with Crippen LogP contribution < -0.4 is 11.1 Å². The lowest BCUT2D eigenvalue weighted by Crippen LogP contribution is -2.43. The van der Waals surface area contributed by atoms with Crippen LogP contribution >= 0.6 is 12.4 Å². The maximum atomic E-state index is 12.5. The minimum Gasteiger partial charge on any atom is -0.399 e. The number of hydrogen-bond donors (Lipinski definition) is 2. The van der Waals surface area contributed by atoms with Crippen LogP contribution in [0, 0.1) is 5.92 Å². The fourth-order valence-corrected chi connectivity index (χ4v) is 2.84. The first kappa shape index (κ1) is 19.3. The zero-order valence-corrected chi connectivity index (χ0v) is 14.4. The van der Waals surface area contributed by atoms with E-state index in [0.717, 1.165) is 25.8 Å². The summed E-state index contributed by atoms with van der Waals surface area (Å²) in [7, 11) is 0. The predicted molar refractivity (Wildman–Crippen MR) is 94.6 cm³/mol. The maximum Gasteiger partial charge on any atom is 0.253 e. The van der Waals surface area contributed by atoms with Gasteiger partial charge >= 0.3 is 0 Å². The molecule has 5 nitrogen and oxygen atoms in total. The van der Waals surface area contributed by atoms with Crippen LogP contribution in [0.1, 0.15) is 43.0 Å². The van der Waals surface area contributed by atoms with Gasteiger partial charge in [0.15, 0.2) is 0 Å². The highest BCUT2D eigenvalue weighted by molar-refractivity contribution is 5.95. The smallest absolute Gasteiger partial charge is 0.253 e. The number of halogens is 1. The average Bonchev–Trinajstić information content (AvgIpc) is 2.53. The molecule has 128 valence electrons. The van der Waals surface area contributed by atoms with Gasteiger partial charge in [-0.3, -0.25) is 9.59 Å². The molecule has 23 heavy (non-hydrogen) atoms. The van der Waals surface area contributed by atoms with Crippen molar-refractivity contribution in [2.24, 2.45) is 5.92 Å². The fourth-order valence-electron chi connectivity index (χ4n) is 2.84. The molecular formula is C17H26ClN3O2. The van der Waals surface area contributed by atoms with Crippen LogP contribution in [0.2, 0.25) is 0 Å². The molecule has 0 aromatic heterocycles. The number of nitrogens with zero attached hydrogens (tertiary/aromatic N) is 1. The molecule has 1 heterocycles. The van der Waals surface area contributed by atoms with Crippen molar-refractivity contribution >= 4 is 29.9 Å². The van der Waals surface area contributed by atoms with E-state index < -0.39 is 0 Å². The summed E-state index contributed by atoms with van der Waals surface area (Å²) in [6.45, 7) is 4.11. The van der Waals surface area contributed by atoms with Gasteiger partial charge in [-0.1, -0.05) is 13.0 Å². The number of carbonyl (C=O) groups excluding carboxylic acids is 2. The summed E-state index contributed by atoms with van der Waals surface area (Å²) in [6.07, 6.45) is 3.45. The molecule has 1 atom stereocenters. The third-order valence-electron chi connectivity index (χ3n) is 4.00. The Morgan fingerprint density at radius 1 is 1.39 bits per heavy atom. The van der Waals surface area contributed by atoms with E-state index in [2.05, 4.69) is 5.32 Å². The van der Waals surface area contributed by atoms with Crippen molar-refractivity contribution in [2.75, 3.05) is 25.4 Å². The number of carbonyl (C=O) groups is 2. The standard InChI is InChI=1S/C17H25N3O2.ClH/c1-2-5-16(21)19-11-13-6-4-9-20(12-13)17(22)14-7-3-8-15(18)10-14;/h3,7-8,10,13H,2,4-6,9,11-12,18H2,1H3,(H,19,21);1H. The van der Waals surface area contributed by atoms with E-state index >= 15 is 0 Å². The van der Waals surface area contributed by atoms with Gasteiger partial charge in [0.2, 0.25) is 5.91 Å². The number of piperidine rings is 1. The number of nitrogen functional groups attached to an aromatic ring is 1. The van der Waals surface area contributed by atoms with Crippen molar-refractivity contribution in [3.05, 3.63) is 29.8 Å². The van der Waals surface area contributed by atoms with Crippen molar-refractivity contribution in [1.82, 2.24) is 10.2 Å². The van der Waals surface area contributed by atoms with Crippen molar-refractivity contribution in [2.45, 2.75) is 32.6 Å². The first-order valence-corrected chi connectivity index (χ1v) is 8.01. The van der Waals surface area contributed by atoms with Crippen molar-refractivity contribution < 1.29 is 9.59 Å². The highest BCUT2D eigenvalue weighted by atomic mass is 35.5. The molecule has 1 fully saturated rings. The van der Waals surface area contributed by atoms with Crippen LogP contribution in [-0.2, 0) is 4.79 Å². The monoisotopic (exact) mass is 339 g/mol. The van der Waals surface area contributed by atoms with Crippen LogP contribution in [0.25, 0.3) is 0 Å². The van der Waals surface area contributed by atoms with Gasteiger partial charge in [-0.05, 0) is 43.4 Å². The minimum absolute atomic E-state index is 0. The lowest BCUT2D eigenvalue weighted by molar-refractivity contribution is -0.121. The number of nitrogens with one attached hydrogen (secondary N) is 1. The molecule has 0 saturated carbocycles. The largest absolute Gasteiger partial charge is 0.399 e. The Labute approximate surface area is 144 Å². The normalized spacial score (nSPS) is 17.3. The Morgan fingerprint density at radius 3 is 2.87 bits per heavy atom. The number of nitrogens with two attached hydrogens (primary N) is 1. The average molecular weight is 340 g/mol. The molecule has 0 bridgehead atoms.